The fraction of sp³-hybridized carbons (Fsp3) is 0.333. The maximum absolute atomic E-state index is 5.60. The molecule has 5 nitrogen and oxygen atoms in total. The van der Waals surface area contributed by atoms with Gasteiger partial charge in [-0.3, -0.25) is 0 Å². The second-order valence-electron chi connectivity index (χ2n) is 3.91. The molecule has 90 valence electrons. The zero-order valence-electron chi connectivity index (χ0n) is 9.88. The van der Waals surface area contributed by atoms with E-state index in [9.17, 15) is 0 Å². The second-order valence-corrected chi connectivity index (χ2v) is 3.91. The van der Waals surface area contributed by atoms with Crippen molar-refractivity contribution in [3.8, 4) is 5.88 Å². The van der Waals surface area contributed by atoms with Gasteiger partial charge in [-0.05, 0) is 26.0 Å². The summed E-state index contributed by atoms with van der Waals surface area (Å²) in [5.74, 6) is 0.610. The van der Waals surface area contributed by atoms with Crippen LogP contribution in [0.3, 0.4) is 0 Å². The van der Waals surface area contributed by atoms with Crippen LogP contribution in [0.2, 0.25) is 0 Å². The van der Waals surface area contributed by atoms with Crippen molar-refractivity contribution in [2.75, 3.05) is 5.32 Å². The van der Waals surface area contributed by atoms with Crippen LogP contribution in [0.5, 0.6) is 5.88 Å². The van der Waals surface area contributed by atoms with Gasteiger partial charge in [-0.15, -0.1) is 0 Å². The van der Waals surface area contributed by atoms with E-state index in [1.807, 2.05) is 26.0 Å². The van der Waals surface area contributed by atoms with E-state index in [0.717, 1.165) is 11.3 Å². The standard InChI is InChI=1S/C12H15N3O2/c1-9(2)17-12-11(4-3-5-13-12)14-6-10-7-15-16-8-10/h3-5,7-9,14H,6H2,1-2H3. The third-order valence-corrected chi connectivity index (χ3v) is 2.08. The number of hydrogen-bond acceptors (Lipinski definition) is 5. The predicted molar refractivity (Wildman–Crippen MR) is 63.8 cm³/mol. The molecule has 0 fully saturated rings. The molecule has 0 aromatic carbocycles. The van der Waals surface area contributed by atoms with Crippen LogP contribution in [0.1, 0.15) is 19.4 Å². The molecular weight excluding hydrogens is 218 g/mol. The van der Waals surface area contributed by atoms with E-state index >= 15 is 0 Å². The smallest absolute Gasteiger partial charge is 0.237 e. The van der Waals surface area contributed by atoms with Crippen LogP contribution in [-0.4, -0.2) is 16.2 Å². The highest BCUT2D eigenvalue weighted by Gasteiger charge is 2.06. The van der Waals surface area contributed by atoms with Crippen molar-refractivity contribution >= 4 is 5.69 Å². The van der Waals surface area contributed by atoms with Crippen LogP contribution in [0.25, 0.3) is 0 Å². The number of rotatable bonds is 5. The van der Waals surface area contributed by atoms with Gasteiger partial charge in [-0.25, -0.2) is 4.98 Å². The molecule has 2 rings (SSSR count). The minimum atomic E-state index is 0.0982. The molecule has 1 N–H and O–H groups in total. The first-order valence-corrected chi connectivity index (χ1v) is 5.49. The minimum Gasteiger partial charge on any atom is -0.473 e. The molecule has 17 heavy (non-hydrogen) atoms. The van der Waals surface area contributed by atoms with Crippen LogP contribution in [0, 0.1) is 0 Å². The Bertz CT molecular complexity index is 455. The lowest BCUT2D eigenvalue weighted by molar-refractivity contribution is 0.234. The molecule has 0 saturated carbocycles. The molecule has 2 aromatic rings. The first-order chi connectivity index (χ1) is 8.25. The Morgan fingerprint density at radius 1 is 1.47 bits per heavy atom. The fourth-order valence-corrected chi connectivity index (χ4v) is 1.35. The molecule has 2 heterocycles. The molecular formula is C12H15N3O2. The largest absolute Gasteiger partial charge is 0.473 e. The van der Waals surface area contributed by atoms with E-state index in [1.165, 1.54) is 0 Å². The summed E-state index contributed by atoms with van der Waals surface area (Å²) in [5.41, 5.74) is 1.84. The maximum atomic E-state index is 5.60. The molecule has 5 heteroatoms. The van der Waals surface area contributed by atoms with Crippen molar-refractivity contribution in [3.63, 3.8) is 0 Å². The number of nitrogens with zero attached hydrogens (tertiary/aromatic N) is 2. The number of aromatic nitrogens is 2. The summed E-state index contributed by atoms with van der Waals surface area (Å²) in [5, 5.41) is 6.88. The number of hydrogen-bond donors (Lipinski definition) is 1. The van der Waals surface area contributed by atoms with Crippen molar-refractivity contribution in [3.05, 3.63) is 36.4 Å². The third-order valence-electron chi connectivity index (χ3n) is 2.08. The van der Waals surface area contributed by atoms with Crippen molar-refractivity contribution in [2.45, 2.75) is 26.5 Å². The quantitative estimate of drug-likeness (QED) is 0.859. The van der Waals surface area contributed by atoms with Crippen molar-refractivity contribution in [2.24, 2.45) is 0 Å². The SMILES string of the molecule is CC(C)Oc1ncccc1NCc1cnoc1. The van der Waals surface area contributed by atoms with E-state index in [0.29, 0.717) is 12.4 Å². The molecule has 0 radical (unpaired) electrons. The molecule has 0 unspecified atom stereocenters. The van der Waals surface area contributed by atoms with E-state index in [1.54, 1.807) is 18.7 Å². The Balaban J connectivity index is 2.04. The van der Waals surface area contributed by atoms with E-state index in [4.69, 9.17) is 9.26 Å². The Labute approximate surface area is 99.8 Å². The lowest BCUT2D eigenvalue weighted by Gasteiger charge is -2.13. The summed E-state index contributed by atoms with van der Waals surface area (Å²) < 4.78 is 10.4. The predicted octanol–water partition coefficient (Wildman–Crippen LogP) is 2.47. The Kier molecular flexibility index (Phi) is 3.59. The normalized spacial score (nSPS) is 10.5. The summed E-state index contributed by atoms with van der Waals surface area (Å²) >= 11 is 0. The summed E-state index contributed by atoms with van der Waals surface area (Å²) in [4.78, 5) is 4.19. The van der Waals surface area contributed by atoms with Crippen LogP contribution >= 0.6 is 0 Å². The first-order valence-electron chi connectivity index (χ1n) is 5.49. The Morgan fingerprint density at radius 3 is 3.06 bits per heavy atom. The number of ether oxygens (including phenoxy) is 1. The maximum Gasteiger partial charge on any atom is 0.237 e. The van der Waals surface area contributed by atoms with Gasteiger partial charge in [-0.2, -0.15) is 0 Å². The first kappa shape index (κ1) is 11.4. The highest BCUT2D eigenvalue weighted by Crippen LogP contribution is 2.22. The number of anilines is 1. The molecule has 0 amide bonds. The number of pyridine rings is 1. The molecule has 0 aliphatic rings. The van der Waals surface area contributed by atoms with Gasteiger partial charge in [0.15, 0.2) is 0 Å². The summed E-state index contributed by atoms with van der Waals surface area (Å²) in [6.45, 7) is 4.57. The highest BCUT2D eigenvalue weighted by molar-refractivity contribution is 5.52. The van der Waals surface area contributed by atoms with Gasteiger partial charge in [0.2, 0.25) is 5.88 Å². The lowest BCUT2D eigenvalue weighted by atomic mass is 10.3. The monoisotopic (exact) mass is 233 g/mol. The molecule has 0 bridgehead atoms. The van der Waals surface area contributed by atoms with Gasteiger partial charge in [0.05, 0.1) is 18.0 Å². The summed E-state index contributed by atoms with van der Waals surface area (Å²) in [6, 6.07) is 3.79. The zero-order valence-corrected chi connectivity index (χ0v) is 9.88. The summed E-state index contributed by atoms with van der Waals surface area (Å²) in [7, 11) is 0. The molecule has 0 saturated heterocycles. The fourth-order valence-electron chi connectivity index (χ4n) is 1.35. The van der Waals surface area contributed by atoms with E-state index in [2.05, 4.69) is 15.5 Å². The second kappa shape index (κ2) is 5.34. The van der Waals surface area contributed by atoms with Crippen LogP contribution in [-0.2, 0) is 6.54 Å². The van der Waals surface area contributed by atoms with Gasteiger partial charge >= 0.3 is 0 Å². The molecule has 2 aromatic heterocycles. The molecule has 0 atom stereocenters. The highest BCUT2D eigenvalue weighted by atomic mass is 16.5. The van der Waals surface area contributed by atoms with Gasteiger partial charge in [0.1, 0.15) is 6.26 Å². The minimum absolute atomic E-state index is 0.0982. The van der Waals surface area contributed by atoms with Crippen molar-refractivity contribution < 1.29 is 9.26 Å². The van der Waals surface area contributed by atoms with E-state index < -0.39 is 0 Å². The van der Waals surface area contributed by atoms with Crippen molar-refractivity contribution in [1.82, 2.24) is 10.1 Å². The topological polar surface area (TPSA) is 60.2 Å². The van der Waals surface area contributed by atoms with Crippen LogP contribution < -0.4 is 10.1 Å². The van der Waals surface area contributed by atoms with Crippen molar-refractivity contribution in [1.29, 1.82) is 0 Å². The Morgan fingerprint density at radius 2 is 2.35 bits per heavy atom. The van der Waals surface area contributed by atoms with Crippen LogP contribution in [0.15, 0.2) is 35.3 Å². The van der Waals surface area contributed by atoms with Gasteiger partial charge in [0, 0.05) is 18.3 Å². The average Bonchev–Trinajstić information content (AvgIpc) is 2.80. The van der Waals surface area contributed by atoms with E-state index in [-0.39, 0.29) is 6.10 Å². The van der Waals surface area contributed by atoms with Crippen LogP contribution in [0.4, 0.5) is 5.69 Å². The average molecular weight is 233 g/mol. The molecule has 0 aliphatic heterocycles. The third kappa shape index (κ3) is 3.21. The zero-order chi connectivity index (χ0) is 12.1. The molecule has 0 spiro atoms. The number of nitrogens with one attached hydrogen (secondary N) is 1. The van der Waals surface area contributed by atoms with Gasteiger partial charge in [-0.1, -0.05) is 5.16 Å². The van der Waals surface area contributed by atoms with Gasteiger partial charge < -0.3 is 14.6 Å². The lowest BCUT2D eigenvalue weighted by Crippen LogP contribution is -2.09. The molecule has 0 aliphatic carbocycles. The summed E-state index contributed by atoms with van der Waals surface area (Å²) in [6.07, 6.45) is 5.09. The Hall–Kier alpha value is -2.04. The van der Waals surface area contributed by atoms with Gasteiger partial charge in [0.25, 0.3) is 0 Å².